The molecule has 0 bridgehead atoms. The van der Waals surface area contributed by atoms with E-state index in [-0.39, 0.29) is 12.5 Å². The predicted molar refractivity (Wildman–Crippen MR) is 60.8 cm³/mol. The normalized spacial score (nSPS) is 12.6. The van der Waals surface area contributed by atoms with Crippen molar-refractivity contribution in [3.8, 4) is 5.75 Å². The van der Waals surface area contributed by atoms with Crippen LogP contribution in [0.1, 0.15) is 19.4 Å². The molecule has 0 heterocycles. The second kappa shape index (κ2) is 5.63. The average Bonchev–Trinajstić information content (AvgIpc) is 2.28. The van der Waals surface area contributed by atoms with Crippen LogP contribution in [0.4, 0.5) is 0 Å². The largest absolute Gasteiger partial charge is 0.425 e. The van der Waals surface area contributed by atoms with E-state index in [0.29, 0.717) is 5.75 Å². The monoisotopic (exact) mass is 223 g/mol. The van der Waals surface area contributed by atoms with E-state index in [2.05, 4.69) is 0 Å². The fourth-order valence-electron chi connectivity index (χ4n) is 1.12. The number of hydrogen-bond donors (Lipinski definition) is 2. The molecule has 0 aromatic heterocycles. The Morgan fingerprint density at radius 3 is 2.38 bits per heavy atom. The fourth-order valence-corrected chi connectivity index (χ4v) is 1.12. The number of rotatable bonds is 4. The first kappa shape index (κ1) is 12.7. The van der Waals surface area contributed by atoms with E-state index in [1.807, 2.05) is 13.8 Å². The zero-order valence-electron chi connectivity index (χ0n) is 9.51. The van der Waals surface area contributed by atoms with E-state index in [4.69, 9.17) is 15.6 Å². The summed E-state index contributed by atoms with van der Waals surface area (Å²) in [6.45, 7) is 3.70. The highest BCUT2D eigenvalue weighted by Gasteiger charge is 2.19. The molecule has 0 radical (unpaired) electrons. The van der Waals surface area contributed by atoms with Crippen molar-refractivity contribution in [3.63, 3.8) is 0 Å². The molecule has 0 aliphatic heterocycles. The summed E-state index contributed by atoms with van der Waals surface area (Å²) >= 11 is 0. The van der Waals surface area contributed by atoms with Gasteiger partial charge >= 0.3 is 5.97 Å². The van der Waals surface area contributed by atoms with Crippen molar-refractivity contribution in [3.05, 3.63) is 29.8 Å². The van der Waals surface area contributed by atoms with Gasteiger partial charge in [0.25, 0.3) is 0 Å². The van der Waals surface area contributed by atoms with Gasteiger partial charge in [0, 0.05) is 0 Å². The van der Waals surface area contributed by atoms with Gasteiger partial charge in [-0.25, -0.2) is 4.79 Å². The lowest BCUT2D eigenvalue weighted by Crippen LogP contribution is -2.38. The molecule has 0 fully saturated rings. The molecule has 0 amide bonds. The Morgan fingerprint density at radius 2 is 1.94 bits per heavy atom. The number of hydrogen-bond acceptors (Lipinski definition) is 4. The van der Waals surface area contributed by atoms with Crippen LogP contribution in [-0.4, -0.2) is 17.1 Å². The summed E-state index contributed by atoms with van der Waals surface area (Å²) in [5, 5.41) is 8.84. The van der Waals surface area contributed by atoms with Crippen molar-refractivity contribution in [1.29, 1.82) is 0 Å². The Bertz CT molecular complexity index is 346. The number of ether oxygens (including phenoxy) is 1. The van der Waals surface area contributed by atoms with E-state index < -0.39 is 12.0 Å². The first-order valence-electron chi connectivity index (χ1n) is 5.21. The summed E-state index contributed by atoms with van der Waals surface area (Å²) < 4.78 is 5.09. The van der Waals surface area contributed by atoms with E-state index in [1.165, 1.54) is 0 Å². The van der Waals surface area contributed by atoms with Gasteiger partial charge in [-0.15, -0.1) is 0 Å². The number of benzene rings is 1. The van der Waals surface area contributed by atoms with E-state index in [1.54, 1.807) is 24.3 Å². The Kier molecular flexibility index (Phi) is 4.46. The maximum atomic E-state index is 11.5. The molecule has 1 aromatic carbocycles. The Balaban J connectivity index is 2.62. The van der Waals surface area contributed by atoms with Gasteiger partial charge in [-0.1, -0.05) is 26.0 Å². The fraction of sp³-hybridized carbons (Fsp3) is 0.417. The summed E-state index contributed by atoms with van der Waals surface area (Å²) in [5.41, 5.74) is 6.42. The molecule has 1 rings (SSSR count). The third kappa shape index (κ3) is 3.32. The molecule has 0 saturated carbocycles. The van der Waals surface area contributed by atoms with Gasteiger partial charge in [0.15, 0.2) is 0 Å². The van der Waals surface area contributed by atoms with Crippen molar-refractivity contribution in [2.24, 2.45) is 11.7 Å². The smallest absolute Gasteiger partial charge is 0.328 e. The number of carbonyl (C=O) groups excluding carboxylic acids is 1. The number of aliphatic hydroxyl groups is 1. The molecule has 1 aromatic rings. The molecule has 1 atom stereocenters. The molecular weight excluding hydrogens is 206 g/mol. The van der Waals surface area contributed by atoms with Crippen LogP contribution in [0.2, 0.25) is 0 Å². The van der Waals surface area contributed by atoms with Crippen LogP contribution in [-0.2, 0) is 11.4 Å². The number of esters is 1. The molecule has 0 aliphatic rings. The van der Waals surface area contributed by atoms with E-state index >= 15 is 0 Å². The molecule has 0 aliphatic carbocycles. The minimum Gasteiger partial charge on any atom is -0.425 e. The minimum absolute atomic E-state index is 0.0280. The Hall–Kier alpha value is -1.39. The van der Waals surface area contributed by atoms with Crippen molar-refractivity contribution >= 4 is 5.97 Å². The van der Waals surface area contributed by atoms with E-state index in [9.17, 15) is 4.79 Å². The van der Waals surface area contributed by atoms with Gasteiger partial charge in [0.2, 0.25) is 0 Å². The van der Waals surface area contributed by atoms with Crippen LogP contribution in [0.3, 0.4) is 0 Å². The van der Waals surface area contributed by atoms with Crippen molar-refractivity contribution in [1.82, 2.24) is 0 Å². The molecule has 4 nitrogen and oxygen atoms in total. The van der Waals surface area contributed by atoms with E-state index in [0.717, 1.165) is 5.56 Å². The Labute approximate surface area is 95.0 Å². The summed E-state index contributed by atoms with van der Waals surface area (Å²) in [7, 11) is 0. The van der Waals surface area contributed by atoms with Gasteiger partial charge in [-0.3, -0.25) is 0 Å². The number of carbonyl (C=O) groups is 1. The SMILES string of the molecule is CC(C)[C@H](N)C(=O)Oc1ccc(CO)cc1. The van der Waals surface area contributed by atoms with Gasteiger partial charge in [-0.2, -0.15) is 0 Å². The van der Waals surface area contributed by atoms with Crippen molar-refractivity contribution in [2.75, 3.05) is 0 Å². The highest BCUT2D eigenvalue weighted by Crippen LogP contribution is 2.13. The average molecular weight is 223 g/mol. The van der Waals surface area contributed by atoms with Gasteiger partial charge in [0.1, 0.15) is 11.8 Å². The topological polar surface area (TPSA) is 72.6 Å². The third-order valence-corrected chi connectivity index (χ3v) is 2.31. The molecular formula is C12H17NO3. The van der Waals surface area contributed by atoms with Crippen molar-refractivity contribution in [2.45, 2.75) is 26.5 Å². The first-order chi connectivity index (χ1) is 7.54. The molecule has 0 saturated heterocycles. The van der Waals surface area contributed by atoms with Crippen LogP contribution in [0.25, 0.3) is 0 Å². The van der Waals surface area contributed by atoms with Gasteiger partial charge < -0.3 is 15.6 Å². The zero-order valence-corrected chi connectivity index (χ0v) is 9.51. The molecule has 3 N–H and O–H groups in total. The summed E-state index contributed by atoms with van der Waals surface area (Å²) in [6.07, 6.45) is 0. The van der Waals surface area contributed by atoms with Crippen LogP contribution in [0, 0.1) is 5.92 Å². The first-order valence-corrected chi connectivity index (χ1v) is 5.21. The van der Waals surface area contributed by atoms with Crippen molar-refractivity contribution < 1.29 is 14.6 Å². The maximum absolute atomic E-state index is 11.5. The number of nitrogens with two attached hydrogens (primary N) is 1. The maximum Gasteiger partial charge on any atom is 0.328 e. The lowest BCUT2D eigenvalue weighted by molar-refractivity contribution is -0.136. The van der Waals surface area contributed by atoms with Crippen LogP contribution >= 0.6 is 0 Å². The standard InChI is InChI=1S/C12H17NO3/c1-8(2)11(13)12(15)16-10-5-3-9(7-14)4-6-10/h3-6,8,11,14H,7,13H2,1-2H3/t11-/m0/s1. The molecule has 0 spiro atoms. The lowest BCUT2D eigenvalue weighted by atomic mass is 10.1. The molecule has 16 heavy (non-hydrogen) atoms. The predicted octanol–water partition coefficient (Wildman–Crippen LogP) is 1.07. The summed E-state index contributed by atoms with van der Waals surface area (Å²) in [4.78, 5) is 11.5. The highest BCUT2D eigenvalue weighted by atomic mass is 16.5. The van der Waals surface area contributed by atoms with Crippen LogP contribution < -0.4 is 10.5 Å². The quantitative estimate of drug-likeness (QED) is 0.591. The Morgan fingerprint density at radius 1 is 1.38 bits per heavy atom. The van der Waals surface area contributed by atoms with Gasteiger partial charge in [-0.05, 0) is 23.6 Å². The summed E-state index contributed by atoms with van der Waals surface area (Å²) in [6, 6.07) is 6.05. The molecule has 0 unspecified atom stereocenters. The minimum atomic E-state index is -0.613. The second-order valence-corrected chi connectivity index (χ2v) is 3.99. The number of aliphatic hydroxyl groups excluding tert-OH is 1. The molecule has 88 valence electrons. The van der Waals surface area contributed by atoms with Crippen LogP contribution in [0.15, 0.2) is 24.3 Å². The third-order valence-electron chi connectivity index (χ3n) is 2.31. The van der Waals surface area contributed by atoms with Crippen LogP contribution in [0.5, 0.6) is 5.75 Å². The summed E-state index contributed by atoms with van der Waals surface area (Å²) in [5.74, 6) is 0.0502. The zero-order chi connectivity index (χ0) is 12.1. The lowest BCUT2D eigenvalue weighted by Gasteiger charge is -2.14. The highest BCUT2D eigenvalue weighted by molar-refractivity contribution is 5.78. The second-order valence-electron chi connectivity index (χ2n) is 3.99. The van der Waals surface area contributed by atoms with Gasteiger partial charge in [0.05, 0.1) is 6.61 Å². The molecule has 4 heteroatoms.